The molecule has 1 saturated heterocycles. The lowest BCUT2D eigenvalue weighted by atomic mass is 10.0. The van der Waals surface area contributed by atoms with Crippen LogP contribution >= 0.6 is 11.6 Å². The fourth-order valence-electron chi connectivity index (χ4n) is 2.25. The third-order valence-corrected chi connectivity index (χ3v) is 3.62. The Morgan fingerprint density at radius 3 is 2.89 bits per heavy atom. The molecule has 1 aliphatic rings. The molecule has 1 aromatic carbocycles. The number of carbonyl (C=O) groups excluding carboxylic acids is 1. The summed E-state index contributed by atoms with van der Waals surface area (Å²) in [6.07, 6.45) is 2.01. The number of benzene rings is 1. The van der Waals surface area contributed by atoms with E-state index in [1.165, 1.54) is 6.07 Å². The third-order valence-electron chi connectivity index (χ3n) is 3.32. The van der Waals surface area contributed by atoms with Crippen molar-refractivity contribution in [1.29, 1.82) is 0 Å². The summed E-state index contributed by atoms with van der Waals surface area (Å²) in [5, 5.41) is 3.54. The van der Waals surface area contributed by atoms with Crippen LogP contribution < -0.4 is 16.8 Å². The maximum atomic E-state index is 11.4. The summed E-state index contributed by atoms with van der Waals surface area (Å²) in [5.74, 6) is -0.561. The summed E-state index contributed by atoms with van der Waals surface area (Å²) in [6.45, 7) is 3.36. The van der Waals surface area contributed by atoms with Crippen molar-refractivity contribution in [2.24, 2.45) is 5.73 Å². The molecule has 0 aliphatic carbocycles. The summed E-state index contributed by atoms with van der Waals surface area (Å²) in [4.78, 5) is 11.4. The second kappa shape index (κ2) is 5.27. The van der Waals surface area contributed by atoms with Crippen LogP contribution in [-0.2, 0) is 4.74 Å². The van der Waals surface area contributed by atoms with Gasteiger partial charge in [-0.25, -0.2) is 0 Å². The van der Waals surface area contributed by atoms with Gasteiger partial charge >= 0.3 is 0 Å². The molecule has 104 valence electrons. The molecular weight excluding hydrogens is 266 g/mol. The first-order valence-electron chi connectivity index (χ1n) is 6.18. The molecule has 1 fully saturated rings. The van der Waals surface area contributed by atoms with Crippen LogP contribution in [0.15, 0.2) is 12.1 Å². The number of primary amides is 1. The summed E-state index contributed by atoms with van der Waals surface area (Å²) >= 11 is 6.12. The van der Waals surface area contributed by atoms with Crippen LogP contribution in [-0.4, -0.2) is 24.7 Å². The molecule has 0 bridgehead atoms. The van der Waals surface area contributed by atoms with E-state index in [-0.39, 0.29) is 5.60 Å². The molecule has 1 atom stereocenters. The fraction of sp³-hybridized carbons (Fsp3) is 0.462. The Bertz CT molecular complexity index is 499. The molecule has 5 N–H and O–H groups in total. The zero-order valence-corrected chi connectivity index (χ0v) is 11.6. The van der Waals surface area contributed by atoms with Gasteiger partial charge in [0.05, 0.1) is 21.9 Å². The molecular formula is C13H18ClN3O2. The number of anilines is 2. The lowest BCUT2D eigenvalue weighted by Crippen LogP contribution is -2.33. The topological polar surface area (TPSA) is 90.4 Å². The summed E-state index contributed by atoms with van der Waals surface area (Å²) < 4.78 is 5.68. The van der Waals surface area contributed by atoms with Gasteiger partial charge in [-0.15, -0.1) is 0 Å². The van der Waals surface area contributed by atoms with Crippen molar-refractivity contribution in [3.05, 3.63) is 22.7 Å². The Morgan fingerprint density at radius 1 is 1.58 bits per heavy atom. The first-order chi connectivity index (χ1) is 8.91. The van der Waals surface area contributed by atoms with E-state index in [2.05, 4.69) is 5.32 Å². The number of hydrogen-bond acceptors (Lipinski definition) is 4. The van der Waals surface area contributed by atoms with Gasteiger partial charge in [0.1, 0.15) is 0 Å². The average Bonchev–Trinajstić information content (AvgIpc) is 2.74. The summed E-state index contributed by atoms with van der Waals surface area (Å²) in [6, 6.07) is 3.11. The lowest BCUT2D eigenvalue weighted by molar-refractivity contribution is 0.0315. The normalized spacial score (nSPS) is 22.4. The first-order valence-corrected chi connectivity index (χ1v) is 6.56. The van der Waals surface area contributed by atoms with Crippen LogP contribution in [0, 0.1) is 0 Å². The monoisotopic (exact) mass is 283 g/mol. The van der Waals surface area contributed by atoms with E-state index in [0.29, 0.717) is 28.5 Å². The largest absolute Gasteiger partial charge is 0.399 e. The van der Waals surface area contributed by atoms with Gasteiger partial charge in [0.2, 0.25) is 0 Å². The van der Waals surface area contributed by atoms with Gasteiger partial charge in [0.25, 0.3) is 5.91 Å². The zero-order valence-electron chi connectivity index (χ0n) is 10.8. The molecule has 0 saturated carbocycles. The fourth-order valence-corrected chi connectivity index (χ4v) is 2.55. The molecule has 0 aromatic heterocycles. The Labute approximate surface area is 117 Å². The predicted octanol–water partition coefficient (Wildman–Crippen LogP) is 2.00. The molecule has 1 amide bonds. The highest BCUT2D eigenvalue weighted by atomic mass is 35.5. The van der Waals surface area contributed by atoms with Crippen molar-refractivity contribution in [3.63, 3.8) is 0 Å². The van der Waals surface area contributed by atoms with Gasteiger partial charge in [-0.05, 0) is 31.9 Å². The lowest BCUT2D eigenvalue weighted by Gasteiger charge is -2.25. The van der Waals surface area contributed by atoms with Gasteiger partial charge in [0.15, 0.2) is 0 Å². The summed E-state index contributed by atoms with van der Waals surface area (Å²) in [7, 11) is 0. The number of rotatable bonds is 4. The number of ether oxygens (including phenoxy) is 1. The number of amides is 1. The van der Waals surface area contributed by atoms with E-state index in [1.807, 2.05) is 6.92 Å². The molecule has 0 radical (unpaired) electrons. The molecule has 1 aromatic rings. The van der Waals surface area contributed by atoms with Gasteiger partial charge in [-0.2, -0.15) is 0 Å². The van der Waals surface area contributed by atoms with Gasteiger partial charge < -0.3 is 21.5 Å². The van der Waals surface area contributed by atoms with E-state index in [0.717, 1.165) is 19.4 Å². The van der Waals surface area contributed by atoms with Gasteiger partial charge in [-0.3, -0.25) is 4.79 Å². The standard InChI is InChI=1S/C13H18ClN3O2/c1-13(3-2-4-19-13)7-17-11-9(12(16)18)5-8(15)6-10(11)14/h5-6,17H,2-4,7,15H2,1H3,(H2,16,18). The summed E-state index contributed by atoms with van der Waals surface area (Å²) in [5.41, 5.74) is 12.0. The molecule has 6 heteroatoms. The zero-order chi connectivity index (χ0) is 14.0. The second-order valence-corrected chi connectivity index (χ2v) is 5.45. The number of nitrogens with one attached hydrogen (secondary N) is 1. The smallest absolute Gasteiger partial charge is 0.250 e. The van der Waals surface area contributed by atoms with E-state index in [1.54, 1.807) is 6.07 Å². The molecule has 1 aliphatic heterocycles. The maximum absolute atomic E-state index is 11.4. The average molecular weight is 284 g/mol. The Balaban J connectivity index is 2.21. The SMILES string of the molecule is CC1(CNc2c(Cl)cc(N)cc2C(N)=O)CCCO1. The van der Waals surface area contributed by atoms with Crippen molar-refractivity contribution in [2.45, 2.75) is 25.4 Å². The van der Waals surface area contributed by atoms with E-state index < -0.39 is 5.91 Å². The highest BCUT2D eigenvalue weighted by Gasteiger charge is 2.30. The van der Waals surface area contributed by atoms with Crippen LogP contribution in [0.1, 0.15) is 30.1 Å². The quantitative estimate of drug-likeness (QED) is 0.737. The van der Waals surface area contributed by atoms with Gasteiger partial charge in [0, 0.05) is 18.8 Å². The predicted molar refractivity (Wildman–Crippen MR) is 76.5 cm³/mol. The van der Waals surface area contributed by atoms with Gasteiger partial charge in [-0.1, -0.05) is 11.6 Å². The van der Waals surface area contributed by atoms with Crippen LogP contribution in [0.5, 0.6) is 0 Å². The molecule has 5 nitrogen and oxygen atoms in total. The maximum Gasteiger partial charge on any atom is 0.250 e. The minimum absolute atomic E-state index is 0.236. The second-order valence-electron chi connectivity index (χ2n) is 5.05. The molecule has 1 heterocycles. The molecule has 19 heavy (non-hydrogen) atoms. The van der Waals surface area contributed by atoms with E-state index >= 15 is 0 Å². The van der Waals surface area contributed by atoms with Crippen molar-refractivity contribution in [2.75, 3.05) is 24.2 Å². The molecule has 1 unspecified atom stereocenters. The van der Waals surface area contributed by atoms with Crippen LogP contribution in [0.2, 0.25) is 5.02 Å². The highest BCUT2D eigenvalue weighted by Crippen LogP contribution is 2.31. The van der Waals surface area contributed by atoms with Crippen molar-refractivity contribution in [1.82, 2.24) is 0 Å². The van der Waals surface area contributed by atoms with E-state index in [9.17, 15) is 4.79 Å². The number of carbonyl (C=O) groups is 1. The highest BCUT2D eigenvalue weighted by molar-refractivity contribution is 6.34. The number of nitrogen functional groups attached to an aromatic ring is 1. The minimum Gasteiger partial charge on any atom is -0.399 e. The van der Waals surface area contributed by atoms with Crippen LogP contribution in [0.4, 0.5) is 11.4 Å². The Morgan fingerprint density at radius 2 is 2.32 bits per heavy atom. The first kappa shape index (κ1) is 14.0. The third kappa shape index (κ3) is 3.11. The minimum atomic E-state index is -0.561. The van der Waals surface area contributed by atoms with E-state index in [4.69, 9.17) is 27.8 Å². The Hall–Kier alpha value is -1.46. The molecule has 0 spiro atoms. The number of hydrogen-bond donors (Lipinski definition) is 3. The Kier molecular flexibility index (Phi) is 3.87. The van der Waals surface area contributed by atoms with Crippen molar-refractivity contribution in [3.8, 4) is 0 Å². The number of nitrogens with two attached hydrogens (primary N) is 2. The van der Waals surface area contributed by atoms with Crippen LogP contribution in [0.25, 0.3) is 0 Å². The van der Waals surface area contributed by atoms with Crippen molar-refractivity contribution < 1.29 is 9.53 Å². The number of halogens is 1. The van der Waals surface area contributed by atoms with Crippen molar-refractivity contribution >= 4 is 28.9 Å². The molecule has 2 rings (SSSR count). The van der Waals surface area contributed by atoms with Crippen LogP contribution in [0.3, 0.4) is 0 Å².